The van der Waals surface area contributed by atoms with Crippen molar-refractivity contribution in [3.05, 3.63) is 141 Å². The van der Waals surface area contributed by atoms with Gasteiger partial charge in [0.15, 0.2) is 5.13 Å². The normalized spacial score (nSPS) is 11.8. The van der Waals surface area contributed by atoms with E-state index in [0.29, 0.717) is 21.3 Å². The molecular weight excluding hydrogens is 647 g/mol. The van der Waals surface area contributed by atoms with Crippen LogP contribution in [0.25, 0.3) is 17.3 Å². The monoisotopic (exact) mass is 677 g/mol. The van der Waals surface area contributed by atoms with E-state index >= 15 is 0 Å². The van der Waals surface area contributed by atoms with Crippen molar-refractivity contribution in [2.75, 3.05) is 10.6 Å². The second-order valence-corrected chi connectivity index (χ2v) is 13.3. The highest BCUT2D eigenvalue weighted by molar-refractivity contribution is 8.00. The minimum atomic E-state index is -0.686. The van der Waals surface area contributed by atoms with Crippen molar-refractivity contribution in [3.63, 3.8) is 0 Å². The van der Waals surface area contributed by atoms with Crippen molar-refractivity contribution < 1.29 is 19.3 Å². The molecule has 5 rings (SSSR count). The van der Waals surface area contributed by atoms with Crippen LogP contribution in [0.5, 0.6) is 0 Å². The van der Waals surface area contributed by atoms with Gasteiger partial charge < -0.3 is 16.0 Å². The second-order valence-electron chi connectivity index (χ2n) is 10.7. The summed E-state index contributed by atoms with van der Waals surface area (Å²) in [6, 6.07) is 29.2. The fourth-order valence-corrected chi connectivity index (χ4v) is 6.38. The maximum Gasteiger partial charge on any atom is 0.276 e. The van der Waals surface area contributed by atoms with E-state index in [1.54, 1.807) is 61.5 Å². The van der Waals surface area contributed by atoms with Gasteiger partial charge in [0.1, 0.15) is 5.70 Å². The predicted octanol–water partition coefficient (Wildman–Crippen LogP) is 7.86. The summed E-state index contributed by atoms with van der Waals surface area (Å²) in [4.78, 5) is 57.0. The molecule has 0 fully saturated rings. The second kappa shape index (κ2) is 15.3. The van der Waals surface area contributed by atoms with Crippen molar-refractivity contribution >= 4 is 63.4 Å². The number of nitro benzene ring substituents is 1. The van der Waals surface area contributed by atoms with E-state index in [9.17, 15) is 24.5 Å². The minimum absolute atomic E-state index is 0.145. The van der Waals surface area contributed by atoms with Gasteiger partial charge in [-0.3, -0.25) is 24.5 Å². The molecule has 3 amide bonds. The van der Waals surface area contributed by atoms with Gasteiger partial charge in [0.05, 0.1) is 21.4 Å². The lowest BCUT2D eigenvalue weighted by Crippen LogP contribution is -2.30. The summed E-state index contributed by atoms with van der Waals surface area (Å²) in [6.07, 6.45) is 1.27. The number of aryl methyl sites for hydroxylation is 2. The van der Waals surface area contributed by atoms with Crippen molar-refractivity contribution in [1.82, 2.24) is 10.3 Å². The van der Waals surface area contributed by atoms with Gasteiger partial charge in [-0.2, -0.15) is 0 Å². The molecule has 48 heavy (non-hydrogen) atoms. The molecule has 0 aliphatic carbocycles. The molecule has 12 heteroatoms. The summed E-state index contributed by atoms with van der Waals surface area (Å²) in [5.74, 6) is -1.47. The number of nitrogens with zero attached hydrogens (tertiary/aromatic N) is 2. The van der Waals surface area contributed by atoms with Crippen LogP contribution in [0.4, 0.5) is 16.5 Å². The Hall–Kier alpha value is -5.59. The van der Waals surface area contributed by atoms with Gasteiger partial charge in [-0.25, -0.2) is 4.98 Å². The van der Waals surface area contributed by atoms with E-state index < -0.39 is 22.0 Å². The summed E-state index contributed by atoms with van der Waals surface area (Å²) in [7, 11) is 0. The Morgan fingerprint density at radius 2 is 1.60 bits per heavy atom. The first-order valence-corrected chi connectivity index (χ1v) is 16.5. The van der Waals surface area contributed by atoms with Crippen molar-refractivity contribution in [3.8, 4) is 11.3 Å². The number of rotatable bonds is 11. The topological polar surface area (TPSA) is 143 Å². The van der Waals surface area contributed by atoms with Crippen molar-refractivity contribution in [2.45, 2.75) is 30.9 Å². The molecule has 3 N–H and O–H groups in total. The minimum Gasteiger partial charge on any atom is -0.321 e. The van der Waals surface area contributed by atoms with Crippen LogP contribution in [-0.4, -0.2) is 32.9 Å². The maximum atomic E-state index is 13.5. The van der Waals surface area contributed by atoms with Crippen LogP contribution in [0.3, 0.4) is 0 Å². The Morgan fingerprint density at radius 1 is 0.896 bits per heavy atom. The standard InChI is InChI=1S/C36H31N5O5S2/c1-22-16-18-25(19-17-22)32-23(2)48-36(39-32)40-33(42)24(3)47-29-14-9-13-28(21-29)37-35(44)30(38-34(43)26-10-5-4-6-11-26)20-27-12-7-8-15-31(27)41(45)46/h4-21,24H,1-3H3,(H,37,44)(H,38,43)(H,39,40,42)/b30-20+. The van der Waals surface area contributed by atoms with Gasteiger partial charge in [-0.1, -0.05) is 66.2 Å². The lowest BCUT2D eigenvalue weighted by molar-refractivity contribution is -0.385. The molecule has 1 aromatic heterocycles. The van der Waals surface area contributed by atoms with Crippen LogP contribution in [-0.2, 0) is 9.59 Å². The molecule has 0 radical (unpaired) electrons. The number of nitrogens with one attached hydrogen (secondary N) is 3. The number of hydrogen-bond acceptors (Lipinski definition) is 8. The van der Waals surface area contributed by atoms with E-state index in [0.717, 1.165) is 21.7 Å². The number of aromatic nitrogens is 1. The Morgan fingerprint density at radius 3 is 2.33 bits per heavy atom. The molecule has 0 aliphatic rings. The van der Waals surface area contributed by atoms with Crippen LogP contribution in [0, 0.1) is 24.0 Å². The number of thioether (sulfide) groups is 1. The molecule has 0 aliphatic heterocycles. The van der Waals surface area contributed by atoms with E-state index in [1.807, 2.05) is 44.2 Å². The zero-order chi connectivity index (χ0) is 34.2. The first-order valence-electron chi connectivity index (χ1n) is 14.8. The molecule has 0 bridgehead atoms. The maximum absolute atomic E-state index is 13.5. The predicted molar refractivity (Wildman–Crippen MR) is 191 cm³/mol. The van der Waals surface area contributed by atoms with Gasteiger partial charge in [-0.15, -0.1) is 23.1 Å². The highest BCUT2D eigenvalue weighted by Crippen LogP contribution is 2.32. The number of benzene rings is 4. The van der Waals surface area contributed by atoms with Crippen LogP contribution in [0.15, 0.2) is 114 Å². The third kappa shape index (κ3) is 8.60. The van der Waals surface area contributed by atoms with E-state index in [1.165, 1.54) is 47.4 Å². The number of amides is 3. The van der Waals surface area contributed by atoms with Crippen LogP contribution < -0.4 is 16.0 Å². The van der Waals surface area contributed by atoms with Gasteiger partial charge >= 0.3 is 0 Å². The number of nitro groups is 1. The van der Waals surface area contributed by atoms with Crippen LogP contribution in [0.1, 0.15) is 33.3 Å². The van der Waals surface area contributed by atoms with Crippen molar-refractivity contribution in [2.24, 2.45) is 0 Å². The van der Waals surface area contributed by atoms with Gasteiger partial charge in [-0.05, 0) is 63.2 Å². The number of carbonyl (C=O) groups is 3. The molecule has 0 saturated carbocycles. The number of anilines is 2. The zero-order valence-corrected chi connectivity index (χ0v) is 27.9. The molecule has 5 aromatic rings. The van der Waals surface area contributed by atoms with Crippen molar-refractivity contribution in [1.29, 1.82) is 0 Å². The van der Waals surface area contributed by atoms with E-state index in [2.05, 4.69) is 20.9 Å². The number of hydrogen-bond donors (Lipinski definition) is 3. The molecular formula is C36H31N5O5S2. The molecule has 1 heterocycles. The fourth-order valence-electron chi connectivity index (χ4n) is 4.61. The highest BCUT2D eigenvalue weighted by Gasteiger charge is 2.20. The number of carbonyl (C=O) groups excluding carboxylic acids is 3. The van der Waals surface area contributed by atoms with E-state index in [-0.39, 0.29) is 22.9 Å². The average Bonchev–Trinajstić information content (AvgIpc) is 3.44. The van der Waals surface area contributed by atoms with Crippen LogP contribution in [0.2, 0.25) is 0 Å². The van der Waals surface area contributed by atoms with Gasteiger partial charge in [0, 0.05) is 32.7 Å². The van der Waals surface area contributed by atoms with Gasteiger partial charge in [0.25, 0.3) is 17.5 Å². The molecule has 0 saturated heterocycles. The zero-order valence-electron chi connectivity index (χ0n) is 26.2. The Balaban J connectivity index is 1.29. The first kappa shape index (κ1) is 33.8. The fraction of sp³-hybridized carbons (Fsp3) is 0.111. The molecule has 1 unspecified atom stereocenters. The molecule has 0 spiro atoms. The Labute approximate surface area is 285 Å². The smallest absolute Gasteiger partial charge is 0.276 e. The lowest BCUT2D eigenvalue weighted by atomic mass is 10.1. The van der Waals surface area contributed by atoms with Crippen LogP contribution >= 0.6 is 23.1 Å². The Kier molecular flexibility index (Phi) is 10.8. The Bertz CT molecular complexity index is 2010. The summed E-state index contributed by atoms with van der Waals surface area (Å²) in [5.41, 5.74) is 3.41. The van der Waals surface area contributed by atoms with E-state index in [4.69, 9.17) is 0 Å². The third-order valence-electron chi connectivity index (χ3n) is 7.09. The number of para-hydroxylation sites is 1. The molecule has 4 aromatic carbocycles. The van der Waals surface area contributed by atoms with Gasteiger partial charge in [0.2, 0.25) is 5.91 Å². The average molecular weight is 678 g/mol. The molecule has 10 nitrogen and oxygen atoms in total. The quantitative estimate of drug-likeness (QED) is 0.0559. The summed E-state index contributed by atoms with van der Waals surface area (Å²) < 4.78 is 0. The largest absolute Gasteiger partial charge is 0.321 e. The summed E-state index contributed by atoms with van der Waals surface area (Å²) >= 11 is 2.71. The number of thiazole rings is 1. The molecule has 242 valence electrons. The lowest BCUT2D eigenvalue weighted by Gasteiger charge is -2.13. The summed E-state index contributed by atoms with van der Waals surface area (Å²) in [5, 5.41) is 19.9. The highest BCUT2D eigenvalue weighted by atomic mass is 32.2. The third-order valence-corrected chi connectivity index (χ3v) is 9.07. The first-order chi connectivity index (χ1) is 23.1. The molecule has 1 atom stereocenters. The summed E-state index contributed by atoms with van der Waals surface area (Å²) in [6.45, 7) is 5.77. The SMILES string of the molecule is Cc1ccc(-c2nc(NC(=O)C(C)Sc3cccc(NC(=O)/C(=C\c4ccccc4[N+](=O)[O-])NC(=O)c4ccccc4)c3)sc2C)cc1.